The minimum atomic E-state index is -0.585. The lowest BCUT2D eigenvalue weighted by molar-refractivity contribution is -0.384. The van der Waals surface area contributed by atoms with Crippen molar-refractivity contribution in [2.45, 2.75) is 25.0 Å². The molecule has 0 spiro atoms. The van der Waals surface area contributed by atoms with Crippen molar-refractivity contribution in [1.82, 2.24) is 20.5 Å². The molecule has 0 aliphatic heterocycles. The summed E-state index contributed by atoms with van der Waals surface area (Å²) < 4.78 is 0. The number of nitrogens with zero attached hydrogens (tertiary/aromatic N) is 4. The van der Waals surface area contributed by atoms with E-state index in [1.165, 1.54) is 42.5 Å². The molecule has 0 saturated heterocycles. The number of hydrogen-bond acceptors (Lipinski definition) is 9. The van der Waals surface area contributed by atoms with Crippen molar-refractivity contribution in [3.8, 4) is 0 Å². The molecule has 0 saturated carbocycles. The molecule has 14 heteroatoms. The van der Waals surface area contributed by atoms with Crippen LogP contribution in [0, 0.1) is 26.1 Å². The summed E-state index contributed by atoms with van der Waals surface area (Å²) in [4.78, 5) is 50.2. The summed E-state index contributed by atoms with van der Waals surface area (Å²) in [7, 11) is 0. The maximum atomic E-state index is 12.7. The molecule has 182 valence electrons. The normalized spacial score (nSPS) is 11.6. The number of hydrogen-bond donors (Lipinski definition) is 3. The van der Waals surface area contributed by atoms with Gasteiger partial charge in [0.2, 0.25) is 11.1 Å². The standard InChI is InChI=1S/C21H21N7O6S/c1-12(2)18(23-20(30)13-6-5-7-14(10-13)27(31)32)19-24-21(26-25-19)35-11-17(29)22-15-8-3-4-9-16(15)28(33)34/h3-10,12,18H,11H2,1-2H3,(H,22,29)(H,23,30)(H,24,25,26)/t18-/m1/s1. The number of nitro groups is 2. The molecule has 0 aliphatic carbocycles. The number of amides is 2. The molecule has 0 unspecified atom stereocenters. The molecule has 13 nitrogen and oxygen atoms in total. The van der Waals surface area contributed by atoms with Gasteiger partial charge >= 0.3 is 0 Å². The highest BCUT2D eigenvalue weighted by molar-refractivity contribution is 7.99. The van der Waals surface area contributed by atoms with E-state index in [2.05, 4.69) is 25.8 Å². The number of non-ortho nitro benzene ring substituents is 1. The van der Waals surface area contributed by atoms with Crippen LogP contribution >= 0.6 is 11.8 Å². The third kappa shape index (κ3) is 6.60. The fraction of sp³-hybridized carbons (Fsp3) is 0.238. The number of benzene rings is 2. The third-order valence-corrected chi connectivity index (χ3v) is 5.60. The van der Waals surface area contributed by atoms with Crippen LogP contribution < -0.4 is 10.6 Å². The number of anilines is 1. The molecule has 0 aliphatic rings. The largest absolute Gasteiger partial charge is 0.342 e. The van der Waals surface area contributed by atoms with E-state index in [1.54, 1.807) is 6.07 Å². The van der Waals surface area contributed by atoms with E-state index in [0.29, 0.717) is 5.82 Å². The minimum absolute atomic E-state index is 0.0857. The van der Waals surface area contributed by atoms with Crippen LogP contribution in [-0.4, -0.2) is 42.6 Å². The molecule has 2 aromatic carbocycles. The van der Waals surface area contributed by atoms with Crippen LogP contribution in [0.3, 0.4) is 0 Å². The Morgan fingerprint density at radius 2 is 1.83 bits per heavy atom. The Hall–Kier alpha value is -4.33. The number of H-pyrrole nitrogens is 1. The number of aromatic amines is 1. The quantitative estimate of drug-likeness (QED) is 0.213. The van der Waals surface area contributed by atoms with Crippen molar-refractivity contribution in [2.24, 2.45) is 5.92 Å². The van der Waals surface area contributed by atoms with Crippen LogP contribution in [-0.2, 0) is 4.79 Å². The van der Waals surface area contributed by atoms with Gasteiger partial charge in [-0.2, -0.15) is 0 Å². The lowest BCUT2D eigenvalue weighted by atomic mass is 10.0. The average molecular weight is 500 g/mol. The van der Waals surface area contributed by atoms with Gasteiger partial charge in [-0.15, -0.1) is 5.10 Å². The molecule has 0 radical (unpaired) electrons. The monoisotopic (exact) mass is 499 g/mol. The third-order valence-electron chi connectivity index (χ3n) is 4.76. The SMILES string of the molecule is CC(C)[C@@H](NC(=O)c1cccc([N+](=O)[O-])c1)c1nc(SCC(=O)Nc2ccccc2[N+](=O)[O-])n[nH]1. The van der Waals surface area contributed by atoms with E-state index in [9.17, 15) is 29.8 Å². The van der Waals surface area contributed by atoms with Crippen LogP contribution in [0.15, 0.2) is 53.7 Å². The van der Waals surface area contributed by atoms with Gasteiger partial charge in [0.05, 0.1) is 21.6 Å². The molecule has 0 fully saturated rings. The van der Waals surface area contributed by atoms with Crippen LogP contribution in [0.25, 0.3) is 0 Å². The van der Waals surface area contributed by atoms with Crippen LogP contribution in [0.1, 0.15) is 36.1 Å². The average Bonchev–Trinajstić information content (AvgIpc) is 3.29. The zero-order chi connectivity index (χ0) is 25.5. The summed E-state index contributed by atoms with van der Waals surface area (Å²) in [5, 5.41) is 34.4. The van der Waals surface area contributed by atoms with Gasteiger partial charge in [0.25, 0.3) is 17.3 Å². The minimum Gasteiger partial charge on any atom is -0.342 e. The van der Waals surface area contributed by atoms with Gasteiger partial charge in [-0.1, -0.05) is 43.8 Å². The summed E-state index contributed by atoms with van der Waals surface area (Å²) in [5.74, 6) is -0.849. The molecule has 1 heterocycles. The van der Waals surface area contributed by atoms with Crippen LogP contribution in [0.4, 0.5) is 17.1 Å². The molecule has 3 rings (SSSR count). The van der Waals surface area contributed by atoms with Gasteiger partial charge in [0.1, 0.15) is 11.5 Å². The zero-order valence-electron chi connectivity index (χ0n) is 18.6. The van der Waals surface area contributed by atoms with Crippen molar-refractivity contribution < 1.29 is 19.4 Å². The number of para-hydroxylation sites is 2. The highest BCUT2D eigenvalue weighted by Gasteiger charge is 2.24. The smallest absolute Gasteiger partial charge is 0.292 e. The second kappa shape index (κ2) is 11.2. The molecule has 3 aromatic rings. The number of nitro benzene ring substituents is 2. The Morgan fingerprint density at radius 1 is 1.09 bits per heavy atom. The first-order valence-electron chi connectivity index (χ1n) is 10.3. The van der Waals surface area contributed by atoms with Gasteiger partial charge in [0.15, 0.2) is 0 Å². The maximum Gasteiger partial charge on any atom is 0.292 e. The summed E-state index contributed by atoms with van der Waals surface area (Å²) >= 11 is 1.01. The van der Waals surface area contributed by atoms with E-state index in [0.717, 1.165) is 11.8 Å². The molecular weight excluding hydrogens is 478 g/mol. The highest BCUT2D eigenvalue weighted by atomic mass is 32.2. The summed E-state index contributed by atoms with van der Waals surface area (Å²) in [6.07, 6.45) is 0. The number of carbonyl (C=O) groups excluding carboxylic acids is 2. The van der Waals surface area contributed by atoms with Gasteiger partial charge in [-0.3, -0.25) is 34.9 Å². The topological polar surface area (TPSA) is 186 Å². The zero-order valence-corrected chi connectivity index (χ0v) is 19.4. The second-order valence-corrected chi connectivity index (χ2v) is 8.56. The number of carbonyl (C=O) groups is 2. The van der Waals surface area contributed by atoms with Crippen LogP contribution in [0.2, 0.25) is 0 Å². The van der Waals surface area contributed by atoms with E-state index < -0.39 is 27.7 Å². The first-order valence-corrected chi connectivity index (χ1v) is 11.3. The summed E-state index contributed by atoms with van der Waals surface area (Å²) in [6.45, 7) is 3.71. The fourth-order valence-electron chi connectivity index (χ4n) is 3.05. The molecular formula is C21H21N7O6S. The summed E-state index contributed by atoms with van der Waals surface area (Å²) in [5.41, 5.74) is -0.199. The van der Waals surface area contributed by atoms with E-state index in [4.69, 9.17) is 0 Å². The van der Waals surface area contributed by atoms with Gasteiger partial charge in [-0.25, -0.2) is 4.98 Å². The second-order valence-electron chi connectivity index (χ2n) is 7.62. The Labute approximate surface area is 203 Å². The predicted octanol–water partition coefficient (Wildman–Crippen LogP) is 3.48. The fourth-order valence-corrected chi connectivity index (χ4v) is 3.66. The lowest BCUT2D eigenvalue weighted by Crippen LogP contribution is -2.32. The van der Waals surface area contributed by atoms with E-state index >= 15 is 0 Å². The molecule has 1 atom stereocenters. The number of aromatic nitrogens is 3. The molecule has 35 heavy (non-hydrogen) atoms. The van der Waals surface area contributed by atoms with Crippen LogP contribution in [0.5, 0.6) is 0 Å². The Bertz CT molecular complexity index is 1260. The van der Waals surface area contributed by atoms with Crippen molar-refractivity contribution in [3.63, 3.8) is 0 Å². The number of rotatable bonds is 10. The first kappa shape index (κ1) is 25.3. The summed E-state index contributed by atoms with van der Waals surface area (Å²) in [6, 6.07) is 10.6. The maximum absolute atomic E-state index is 12.7. The van der Waals surface area contributed by atoms with E-state index in [1.807, 2.05) is 13.8 Å². The first-order chi connectivity index (χ1) is 16.7. The number of nitrogens with one attached hydrogen (secondary N) is 3. The number of thioether (sulfide) groups is 1. The molecule has 3 N–H and O–H groups in total. The lowest BCUT2D eigenvalue weighted by Gasteiger charge is -2.19. The van der Waals surface area contributed by atoms with Gasteiger partial charge in [-0.05, 0) is 18.1 Å². The molecule has 0 bridgehead atoms. The predicted molar refractivity (Wildman–Crippen MR) is 127 cm³/mol. The van der Waals surface area contributed by atoms with E-state index in [-0.39, 0.29) is 39.5 Å². The molecule has 1 aromatic heterocycles. The Balaban J connectivity index is 1.64. The Morgan fingerprint density at radius 3 is 2.51 bits per heavy atom. The van der Waals surface area contributed by atoms with Crippen molar-refractivity contribution >= 4 is 40.6 Å². The van der Waals surface area contributed by atoms with Gasteiger partial charge < -0.3 is 10.6 Å². The molecule has 2 amide bonds. The van der Waals surface area contributed by atoms with Crippen molar-refractivity contribution in [1.29, 1.82) is 0 Å². The van der Waals surface area contributed by atoms with Crippen molar-refractivity contribution in [2.75, 3.05) is 11.1 Å². The Kier molecular flexibility index (Phi) is 8.09. The van der Waals surface area contributed by atoms with Crippen molar-refractivity contribution in [3.05, 3.63) is 80.1 Å². The highest BCUT2D eigenvalue weighted by Crippen LogP contribution is 2.25. The van der Waals surface area contributed by atoms with Gasteiger partial charge in [0, 0.05) is 23.8 Å².